The first-order valence-electron chi connectivity index (χ1n) is 12.1. The van der Waals surface area contributed by atoms with Crippen molar-refractivity contribution in [1.29, 1.82) is 0 Å². The van der Waals surface area contributed by atoms with Crippen molar-refractivity contribution in [2.45, 2.75) is 98.3 Å². The maximum Gasteiger partial charge on any atom is 0.408 e. The Morgan fingerprint density at radius 2 is 1.55 bits per heavy atom. The Morgan fingerprint density at radius 1 is 0.970 bits per heavy atom. The smallest absolute Gasteiger partial charge is 0.408 e. The third kappa shape index (κ3) is 10.0. The molecule has 0 radical (unpaired) electrons. The molecule has 1 aliphatic carbocycles. The van der Waals surface area contributed by atoms with Crippen LogP contribution in [-0.4, -0.2) is 53.2 Å². The largest absolute Gasteiger partial charge is 0.480 e. The van der Waals surface area contributed by atoms with Crippen LogP contribution in [-0.2, 0) is 19.1 Å². The Balaban J connectivity index is 2.51. The minimum absolute atomic E-state index is 0.107. The summed E-state index contributed by atoms with van der Waals surface area (Å²) in [6.07, 6.45) is 2.90. The van der Waals surface area contributed by atoms with E-state index in [1.54, 1.807) is 20.8 Å². The van der Waals surface area contributed by atoms with Gasteiger partial charge < -0.3 is 25.8 Å². The molecule has 4 N–H and O–H groups in total. The van der Waals surface area contributed by atoms with E-state index in [9.17, 15) is 24.3 Å². The molecule has 1 aliphatic rings. The van der Waals surface area contributed by atoms with Crippen molar-refractivity contribution < 1.29 is 29.0 Å². The summed E-state index contributed by atoms with van der Waals surface area (Å²) >= 11 is 0. The fraction of sp³-hybridized carbons (Fsp3) is 0.833. The molecule has 0 unspecified atom stereocenters. The lowest BCUT2D eigenvalue weighted by Crippen LogP contribution is -2.51. The van der Waals surface area contributed by atoms with Gasteiger partial charge in [0, 0.05) is 12.5 Å². The van der Waals surface area contributed by atoms with Crippen LogP contribution in [0, 0.1) is 23.7 Å². The van der Waals surface area contributed by atoms with E-state index in [2.05, 4.69) is 16.0 Å². The summed E-state index contributed by atoms with van der Waals surface area (Å²) < 4.78 is 5.26. The lowest BCUT2D eigenvalue weighted by atomic mass is 9.81. The van der Waals surface area contributed by atoms with E-state index in [1.165, 1.54) is 0 Å². The van der Waals surface area contributed by atoms with Crippen LogP contribution in [0.15, 0.2) is 0 Å². The summed E-state index contributed by atoms with van der Waals surface area (Å²) in [5.41, 5.74) is -0.647. The van der Waals surface area contributed by atoms with E-state index < -0.39 is 29.7 Å². The molecule has 1 saturated carbocycles. The zero-order valence-corrected chi connectivity index (χ0v) is 21.2. The number of carboxylic acids is 1. The van der Waals surface area contributed by atoms with E-state index in [0.29, 0.717) is 25.8 Å². The molecule has 0 aromatic carbocycles. The molecule has 33 heavy (non-hydrogen) atoms. The number of rotatable bonds is 10. The molecule has 0 aromatic heterocycles. The minimum Gasteiger partial charge on any atom is -0.480 e. The Bertz CT molecular complexity index is 680. The van der Waals surface area contributed by atoms with E-state index in [0.717, 1.165) is 12.8 Å². The van der Waals surface area contributed by atoms with Crippen LogP contribution in [0.4, 0.5) is 4.79 Å². The van der Waals surface area contributed by atoms with Crippen LogP contribution >= 0.6 is 0 Å². The third-order valence-corrected chi connectivity index (χ3v) is 6.18. The molecule has 0 heterocycles. The number of carbonyl (C=O) groups excluding carboxylic acids is 3. The van der Waals surface area contributed by atoms with Crippen molar-refractivity contribution in [2.75, 3.05) is 6.54 Å². The second kappa shape index (κ2) is 12.8. The summed E-state index contributed by atoms with van der Waals surface area (Å²) in [7, 11) is 0. The molecule has 0 bridgehead atoms. The molecule has 0 aliphatic heterocycles. The topological polar surface area (TPSA) is 134 Å². The van der Waals surface area contributed by atoms with Gasteiger partial charge in [-0.15, -0.1) is 0 Å². The average Bonchev–Trinajstić information content (AvgIpc) is 2.72. The summed E-state index contributed by atoms with van der Waals surface area (Å²) in [5.74, 6) is -1.68. The van der Waals surface area contributed by atoms with Gasteiger partial charge >= 0.3 is 12.1 Å². The first kappa shape index (κ1) is 28.7. The fourth-order valence-corrected chi connectivity index (χ4v) is 3.91. The van der Waals surface area contributed by atoms with Crippen LogP contribution < -0.4 is 16.0 Å². The van der Waals surface area contributed by atoms with E-state index >= 15 is 0 Å². The van der Waals surface area contributed by atoms with E-state index in [1.807, 2.05) is 27.7 Å². The molecule has 9 nitrogen and oxygen atoms in total. The van der Waals surface area contributed by atoms with Gasteiger partial charge in [-0.2, -0.15) is 0 Å². The summed E-state index contributed by atoms with van der Waals surface area (Å²) in [6, 6.07) is -1.57. The van der Waals surface area contributed by atoms with E-state index in [4.69, 9.17) is 4.74 Å². The quantitative estimate of drug-likeness (QED) is 0.388. The Kier molecular flexibility index (Phi) is 11.1. The van der Waals surface area contributed by atoms with Crippen LogP contribution in [0.2, 0.25) is 0 Å². The lowest BCUT2D eigenvalue weighted by molar-refractivity contribution is -0.144. The predicted molar refractivity (Wildman–Crippen MR) is 125 cm³/mol. The highest BCUT2D eigenvalue weighted by molar-refractivity contribution is 5.86. The van der Waals surface area contributed by atoms with Crippen LogP contribution in [0.3, 0.4) is 0 Å². The highest BCUT2D eigenvalue weighted by Crippen LogP contribution is 2.29. The van der Waals surface area contributed by atoms with Gasteiger partial charge in [-0.1, -0.05) is 34.1 Å². The maximum atomic E-state index is 12.7. The molecule has 3 atom stereocenters. The van der Waals surface area contributed by atoms with Gasteiger partial charge in [0.15, 0.2) is 0 Å². The van der Waals surface area contributed by atoms with Crippen molar-refractivity contribution >= 4 is 23.9 Å². The monoisotopic (exact) mass is 469 g/mol. The first-order chi connectivity index (χ1) is 15.2. The van der Waals surface area contributed by atoms with Crippen LogP contribution in [0.25, 0.3) is 0 Å². The van der Waals surface area contributed by atoms with Gasteiger partial charge in [-0.3, -0.25) is 9.59 Å². The molecular formula is C24H43N3O6. The highest BCUT2D eigenvalue weighted by Gasteiger charge is 2.32. The number of hydrogen-bond acceptors (Lipinski definition) is 5. The van der Waals surface area contributed by atoms with Crippen LogP contribution in [0.5, 0.6) is 0 Å². The molecule has 1 fully saturated rings. The molecule has 3 amide bonds. The predicted octanol–water partition coefficient (Wildman–Crippen LogP) is 3.07. The number of carboxylic acid groups (broad SMARTS) is 1. The van der Waals surface area contributed by atoms with Crippen molar-refractivity contribution in [1.82, 2.24) is 16.0 Å². The summed E-state index contributed by atoms with van der Waals surface area (Å²) in [5, 5.41) is 17.7. The normalized spacial score (nSPS) is 21.5. The third-order valence-electron chi connectivity index (χ3n) is 6.18. The molecule has 9 heteroatoms. The number of carbonyl (C=O) groups is 4. The summed E-state index contributed by atoms with van der Waals surface area (Å²) in [4.78, 5) is 48.8. The standard InChI is InChI=1S/C24H43N3O6/c1-8-15(4)19(22(30)31)26-20(28)17-11-9-16(10-12-17)13-25-21(29)18(14(2)3)27-23(32)33-24(5,6)7/h14-19H,8-13H2,1-7H3,(H,25,29)(H,26,28)(H,27,32)(H,30,31)/t15-,16?,17?,18-,19+/m0/s1. The van der Waals surface area contributed by atoms with Crippen molar-refractivity contribution in [3.8, 4) is 0 Å². The van der Waals surface area contributed by atoms with Gasteiger partial charge in [0.1, 0.15) is 17.7 Å². The average molecular weight is 470 g/mol. The number of alkyl carbamates (subject to hydrolysis) is 1. The zero-order chi connectivity index (χ0) is 25.3. The van der Waals surface area contributed by atoms with E-state index in [-0.39, 0.29) is 35.5 Å². The van der Waals surface area contributed by atoms with Crippen molar-refractivity contribution in [2.24, 2.45) is 23.7 Å². The minimum atomic E-state index is -1.01. The molecule has 190 valence electrons. The zero-order valence-electron chi connectivity index (χ0n) is 21.2. The molecule has 0 saturated heterocycles. The van der Waals surface area contributed by atoms with Gasteiger partial charge in [-0.05, 0) is 64.2 Å². The Morgan fingerprint density at radius 3 is 2.00 bits per heavy atom. The maximum absolute atomic E-state index is 12.7. The first-order valence-corrected chi connectivity index (χ1v) is 12.1. The number of ether oxygens (including phenoxy) is 1. The highest BCUT2D eigenvalue weighted by atomic mass is 16.6. The molecular weight excluding hydrogens is 426 g/mol. The second-order valence-corrected chi connectivity index (χ2v) is 10.5. The number of hydrogen-bond donors (Lipinski definition) is 4. The SMILES string of the molecule is CC[C@H](C)[C@@H](NC(=O)C1CCC(CNC(=O)[C@@H](NC(=O)OC(C)(C)C)C(C)C)CC1)C(=O)O. The Labute approximate surface area is 197 Å². The number of amides is 3. The fourth-order valence-electron chi connectivity index (χ4n) is 3.91. The molecule has 0 aromatic rings. The Hall–Kier alpha value is -2.32. The number of aliphatic carboxylic acids is 1. The number of nitrogens with one attached hydrogen (secondary N) is 3. The van der Waals surface area contributed by atoms with Gasteiger partial charge in [0.05, 0.1) is 0 Å². The van der Waals surface area contributed by atoms with Crippen molar-refractivity contribution in [3.63, 3.8) is 0 Å². The van der Waals surface area contributed by atoms with Gasteiger partial charge in [0.2, 0.25) is 11.8 Å². The van der Waals surface area contributed by atoms with Gasteiger partial charge in [-0.25, -0.2) is 9.59 Å². The molecule has 1 rings (SSSR count). The second-order valence-electron chi connectivity index (χ2n) is 10.5. The van der Waals surface area contributed by atoms with Crippen LogP contribution in [0.1, 0.15) is 80.6 Å². The van der Waals surface area contributed by atoms with Gasteiger partial charge in [0.25, 0.3) is 0 Å². The van der Waals surface area contributed by atoms with Crippen molar-refractivity contribution in [3.05, 3.63) is 0 Å². The summed E-state index contributed by atoms with van der Waals surface area (Å²) in [6.45, 7) is 13.2. The molecule has 0 spiro atoms. The lowest BCUT2D eigenvalue weighted by Gasteiger charge is -2.30.